The topological polar surface area (TPSA) is 101 Å². The molecule has 2 fully saturated rings. The van der Waals surface area contributed by atoms with E-state index in [0.29, 0.717) is 25.5 Å². The first kappa shape index (κ1) is 21.0. The zero-order valence-corrected chi connectivity index (χ0v) is 17.5. The van der Waals surface area contributed by atoms with Gasteiger partial charge in [-0.05, 0) is 37.5 Å². The predicted molar refractivity (Wildman–Crippen MR) is 113 cm³/mol. The third-order valence-electron chi connectivity index (χ3n) is 6.21. The van der Waals surface area contributed by atoms with Gasteiger partial charge in [-0.3, -0.25) is 19.5 Å². The number of imide groups is 1. The molecule has 4 rings (SSSR count). The summed E-state index contributed by atoms with van der Waals surface area (Å²) in [5, 5.41) is 5.61. The lowest BCUT2D eigenvalue weighted by molar-refractivity contribution is -0.135. The van der Waals surface area contributed by atoms with E-state index in [9.17, 15) is 14.4 Å². The van der Waals surface area contributed by atoms with Crippen molar-refractivity contribution < 1.29 is 19.1 Å². The molecule has 0 bridgehead atoms. The van der Waals surface area contributed by atoms with Crippen LogP contribution in [0.1, 0.15) is 31.0 Å². The highest BCUT2D eigenvalue weighted by Gasteiger charge is 2.50. The number of amides is 4. The molecule has 0 aliphatic carbocycles. The van der Waals surface area contributed by atoms with Gasteiger partial charge in [0.1, 0.15) is 6.54 Å². The quantitative estimate of drug-likeness (QED) is 0.691. The summed E-state index contributed by atoms with van der Waals surface area (Å²) in [6.07, 6.45) is 3.14. The highest BCUT2D eigenvalue weighted by Crippen LogP contribution is 2.34. The fourth-order valence-corrected chi connectivity index (χ4v) is 4.26. The maximum atomic E-state index is 13.0. The largest absolute Gasteiger partial charge is 0.381 e. The molecule has 3 heterocycles. The minimum absolute atomic E-state index is 0.227. The monoisotopic (exact) mass is 422 g/mol. The molecule has 2 saturated heterocycles. The molecule has 1 atom stereocenters. The first-order valence-electron chi connectivity index (χ1n) is 10.4. The van der Waals surface area contributed by atoms with Crippen LogP contribution in [0.25, 0.3) is 0 Å². The maximum absolute atomic E-state index is 13.0. The van der Waals surface area contributed by atoms with Crippen molar-refractivity contribution in [3.63, 3.8) is 0 Å². The summed E-state index contributed by atoms with van der Waals surface area (Å²) in [4.78, 5) is 43.3. The van der Waals surface area contributed by atoms with Crippen molar-refractivity contribution in [2.24, 2.45) is 0 Å². The van der Waals surface area contributed by atoms with Crippen LogP contribution < -0.4 is 10.6 Å². The van der Waals surface area contributed by atoms with Gasteiger partial charge in [0.2, 0.25) is 5.91 Å². The highest BCUT2D eigenvalue weighted by atomic mass is 16.5. The van der Waals surface area contributed by atoms with Crippen LogP contribution in [0.4, 0.5) is 4.79 Å². The summed E-state index contributed by atoms with van der Waals surface area (Å²) in [7, 11) is 0. The van der Waals surface area contributed by atoms with Crippen LogP contribution in [-0.2, 0) is 25.3 Å². The van der Waals surface area contributed by atoms with Crippen molar-refractivity contribution in [2.75, 3.05) is 26.3 Å². The van der Waals surface area contributed by atoms with E-state index >= 15 is 0 Å². The summed E-state index contributed by atoms with van der Waals surface area (Å²) in [5.74, 6) is -0.870. The first-order chi connectivity index (χ1) is 14.9. The zero-order chi connectivity index (χ0) is 21.9. The molecule has 1 unspecified atom stereocenters. The average molecular weight is 422 g/mol. The van der Waals surface area contributed by atoms with Crippen molar-refractivity contribution in [2.45, 2.75) is 30.7 Å². The molecule has 8 heteroatoms. The van der Waals surface area contributed by atoms with Crippen LogP contribution in [-0.4, -0.2) is 54.0 Å². The molecular weight excluding hydrogens is 396 g/mol. The Labute approximate surface area is 181 Å². The number of carbonyl (C=O) groups is 3. The second-order valence-electron chi connectivity index (χ2n) is 8.20. The summed E-state index contributed by atoms with van der Waals surface area (Å²) in [6, 6.07) is 14.6. The molecule has 1 aromatic heterocycles. The number of nitrogens with zero attached hydrogens (tertiary/aromatic N) is 2. The average Bonchev–Trinajstić information content (AvgIpc) is 3.03. The Hall–Kier alpha value is -3.26. The molecule has 0 radical (unpaired) electrons. The van der Waals surface area contributed by atoms with Gasteiger partial charge in [0.25, 0.3) is 5.91 Å². The zero-order valence-electron chi connectivity index (χ0n) is 17.5. The molecule has 2 aliphatic rings. The predicted octanol–water partition coefficient (Wildman–Crippen LogP) is 1.71. The number of hydrogen-bond donors (Lipinski definition) is 2. The lowest BCUT2D eigenvalue weighted by Gasteiger charge is -2.38. The normalized spacial score (nSPS) is 22.8. The number of urea groups is 1. The van der Waals surface area contributed by atoms with Crippen molar-refractivity contribution in [3.05, 3.63) is 66.0 Å². The van der Waals surface area contributed by atoms with Crippen molar-refractivity contribution >= 4 is 17.8 Å². The Balaban J connectivity index is 1.44. The molecule has 0 saturated carbocycles. The minimum atomic E-state index is -1.29. The van der Waals surface area contributed by atoms with Gasteiger partial charge in [-0.25, -0.2) is 4.79 Å². The van der Waals surface area contributed by atoms with Gasteiger partial charge in [-0.1, -0.05) is 36.4 Å². The lowest BCUT2D eigenvalue weighted by Crippen LogP contribution is -2.48. The molecule has 2 aromatic rings. The molecule has 2 N–H and O–H groups in total. The number of carbonyl (C=O) groups excluding carboxylic acids is 3. The van der Waals surface area contributed by atoms with Crippen LogP contribution in [0.15, 0.2) is 54.7 Å². The van der Waals surface area contributed by atoms with E-state index in [4.69, 9.17) is 4.74 Å². The second kappa shape index (κ2) is 8.47. The van der Waals surface area contributed by atoms with E-state index < -0.39 is 17.5 Å². The molecule has 31 heavy (non-hydrogen) atoms. The van der Waals surface area contributed by atoms with Gasteiger partial charge in [0.15, 0.2) is 5.54 Å². The fraction of sp³-hybridized carbons (Fsp3) is 0.391. The van der Waals surface area contributed by atoms with Gasteiger partial charge in [-0.15, -0.1) is 0 Å². The number of rotatable bonds is 6. The number of ether oxygens (including phenoxy) is 1. The Morgan fingerprint density at radius 1 is 1.13 bits per heavy atom. The minimum Gasteiger partial charge on any atom is -0.381 e. The van der Waals surface area contributed by atoms with E-state index in [1.54, 1.807) is 31.3 Å². The van der Waals surface area contributed by atoms with Crippen molar-refractivity contribution in [1.82, 2.24) is 20.5 Å². The molecule has 0 spiro atoms. The fourth-order valence-electron chi connectivity index (χ4n) is 4.26. The maximum Gasteiger partial charge on any atom is 0.325 e. The van der Waals surface area contributed by atoms with E-state index in [1.165, 1.54) is 0 Å². The van der Waals surface area contributed by atoms with Gasteiger partial charge in [-0.2, -0.15) is 0 Å². The van der Waals surface area contributed by atoms with E-state index in [-0.39, 0.29) is 17.9 Å². The molecule has 162 valence electrons. The Bertz CT molecular complexity index is 960. The third-order valence-corrected chi connectivity index (χ3v) is 6.21. The number of benzene rings is 1. The SMILES string of the molecule is CC1(c2ccccn2)NC(=O)N(CC(=O)NCC2(c3ccccc3)CCOCC2)C1=O. The summed E-state index contributed by atoms with van der Waals surface area (Å²) in [6.45, 7) is 2.93. The number of hydrogen-bond acceptors (Lipinski definition) is 5. The van der Waals surface area contributed by atoms with E-state index in [1.807, 2.05) is 18.2 Å². The van der Waals surface area contributed by atoms with Gasteiger partial charge < -0.3 is 15.4 Å². The van der Waals surface area contributed by atoms with Crippen LogP contribution in [0.2, 0.25) is 0 Å². The number of pyridine rings is 1. The van der Waals surface area contributed by atoms with Crippen LogP contribution in [0.5, 0.6) is 0 Å². The highest BCUT2D eigenvalue weighted by molar-refractivity contribution is 6.08. The van der Waals surface area contributed by atoms with E-state index in [2.05, 4.69) is 27.8 Å². The van der Waals surface area contributed by atoms with Crippen LogP contribution in [0, 0.1) is 0 Å². The first-order valence-corrected chi connectivity index (χ1v) is 10.4. The third kappa shape index (κ3) is 4.03. The summed E-state index contributed by atoms with van der Waals surface area (Å²) >= 11 is 0. The van der Waals surface area contributed by atoms with Crippen molar-refractivity contribution in [1.29, 1.82) is 0 Å². The number of nitrogens with one attached hydrogen (secondary N) is 2. The second-order valence-corrected chi connectivity index (χ2v) is 8.20. The summed E-state index contributed by atoms with van der Waals surface area (Å²) in [5.41, 5.74) is 0.0669. The smallest absolute Gasteiger partial charge is 0.325 e. The number of aromatic nitrogens is 1. The standard InChI is InChI=1S/C23H26N4O4/c1-22(18-9-5-6-12-24-18)20(29)27(21(30)26-22)15-19(28)25-16-23(10-13-31-14-11-23)17-7-3-2-4-8-17/h2-9,12H,10-11,13-16H2,1H3,(H,25,28)(H,26,30). The van der Waals surface area contributed by atoms with Crippen LogP contribution >= 0.6 is 0 Å². The Kier molecular flexibility index (Phi) is 5.73. The van der Waals surface area contributed by atoms with Crippen LogP contribution in [0.3, 0.4) is 0 Å². The molecule has 2 aliphatic heterocycles. The lowest BCUT2D eigenvalue weighted by atomic mass is 9.74. The Morgan fingerprint density at radius 3 is 2.52 bits per heavy atom. The Morgan fingerprint density at radius 2 is 1.84 bits per heavy atom. The van der Waals surface area contributed by atoms with Gasteiger partial charge in [0.05, 0.1) is 5.69 Å². The van der Waals surface area contributed by atoms with Gasteiger partial charge >= 0.3 is 6.03 Å². The van der Waals surface area contributed by atoms with Gasteiger partial charge in [0, 0.05) is 31.4 Å². The molecular formula is C23H26N4O4. The molecule has 4 amide bonds. The van der Waals surface area contributed by atoms with Crippen molar-refractivity contribution in [3.8, 4) is 0 Å². The summed E-state index contributed by atoms with van der Waals surface area (Å²) < 4.78 is 5.53. The molecule has 1 aromatic carbocycles. The molecule has 8 nitrogen and oxygen atoms in total. The van der Waals surface area contributed by atoms with E-state index in [0.717, 1.165) is 23.3 Å².